The van der Waals surface area contributed by atoms with Gasteiger partial charge in [-0.2, -0.15) is 0 Å². The van der Waals surface area contributed by atoms with Gasteiger partial charge in [-0.05, 0) is 55.0 Å². The van der Waals surface area contributed by atoms with Crippen LogP contribution in [0.5, 0.6) is 0 Å². The van der Waals surface area contributed by atoms with E-state index in [2.05, 4.69) is 10.2 Å². The minimum atomic E-state index is -0.292. The number of piperazine rings is 1. The summed E-state index contributed by atoms with van der Waals surface area (Å²) in [5.41, 5.74) is 3.23. The highest BCUT2D eigenvalue weighted by Gasteiger charge is 2.29. The topological polar surface area (TPSA) is 65.8 Å². The fourth-order valence-corrected chi connectivity index (χ4v) is 4.29. The maximum absolute atomic E-state index is 13.5. The van der Waals surface area contributed by atoms with E-state index in [1.807, 2.05) is 43.3 Å². The second kappa shape index (κ2) is 9.02. The summed E-state index contributed by atoms with van der Waals surface area (Å²) in [6.45, 7) is 4.07. The molecule has 1 aliphatic heterocycles. The first-order chi connectivity index (χ1) is 16.5. The van der Waals surface area contributed by atoms with Crippen LogP contribution >= 0.6 is 0 Å². The zero-order valence-electron chi connectivity index (χ0n) is 18.8. The molecule has 0 spiro atoms. The standard InChI is InChI=1S/C27H24FN3O3/c1-18-6-2-3-7-21(18)26(32)29-24-22-8-4-5-9-23(22)34-25(24)27(33)31-16-14-30(15-17-31)20-12-10-19(28)11-13-20/h2-13H,14-17H2,1H3,(H,29,32). The highest BCUT2D eigenvalue weighted by Crippen LogP contribution is 2.33. The van der Waals surface area contributed by atoms with Gasteiger partial charge in [-0.1, -0.05) is 30.3 Å². The van der Waals surface area contributed by atoms with Crippen LogP contribution in [0.25, 0.3) is 11.0 Å². The number of aryl methyl sites for hydroxylation is 1. The maximum atomic E-state index is 13.5. The zero-order chi connectivity index (χ0) is 23.7. The number of carbonyl (C=O) groups is 2. The van der Waals surface area contributed by atoms with Crippen LogP contribution in [0.15, 0.2) is 77.2 Å². The molecule has 1 aromatic heterocycles. The minimum Gasteiger partial charge on any atom is -0.449 e. The first-order valence-electron chi connectivity index (χ1n) is 11.2. The lowest BCUT2D eigenvalue weighted by Crippen LogP contribution is -2.48. The van der Waals surface area contributed by atoms with Gasteiger partial charge in [0.05, 0.1) is 0 Å². The van der Waals surface area contributed by atoms with E-state index in [0.29, 0.717) is 48.4 Å². The Bertz CT molecular complexity index is 1360. The van der Waals surface area contributed by atoms with Crippen molar-refractivity contribution in [2.24, 2.45) is 0 Å². The average molecular weight is 458 g/mol. The van der Waals surface area contributed by atoms with Crippen molar-refractivity contribution in [2.45, 2.75) is 6.92 Å². The molecule has 6 nitrogen and oxygen atoms in total. The summed E-state index contributed by atoms with van der Waals surface area (Å²) in [4.78, 5) is 30.4. The Morgan fingerprint density at radius 1 is 0.882 bits per heavy atom. The van der Waals surface area contributed by atoms with Gasteiger partial charge in [0.25, 0.3) is 11.8 Å². The lowest BCUT2D eigenvalue weighted by molar-refractivity contribution is 0.0718. The van der Waals surface area contributed by atoms with Crippen molar-refractivity contribution >= 4 is 34.2 Å². The summed E-state index contributed by atoms with van der Waals surface area (Å²) in [5, 5.41) is 3.60. The number of nitrogens with zero attached hydrogens (tertiary/aromatic N) is 2. The van der Waals surface area contributed by atoms with Crippen LogP contribution in [0.3, 0.4) is 0 Å². The molecule has 0 atom stereocenters. The van der Waals surface area contributed by atoms with Gasteiger partial charge in [-0.15, -0.1) is 0 Å². The highest BCUT2D eigenvalue weighted by atomic mass is 19.1. The molecular formula is C27H24FN3O3. The summed E-state index contributed by atoms with van der Waals surface area (Å²) in [6, 6.07) is 20.9. The molecule has 0 radical (unpaired) electrons. The molecule has 0 unspecified atom stereocenters. The van der Waals surface area contributed by atoms with E-state index < -0.39 is 0 Å². The third-order valence-corrected chi connectivity index (χ3v) is 6.18. The molecule has 2 heterocycles. The van der Waals surface area contributed by atoms with Crippen LogP contribution in [0.1, 0.15) is 26.5 Å². The monoisotopic (exact) mass is 457 g/mol. The molecule has 7 heteroatoms. The second-order valence-electron chi connectivity index (χ2n) is 8.33. The number of nitrogens with one attached hydrogen (secondary N) is 1. The Morgan fingerprint density at radius 2 is 1.56 bits per heavy atom. The van der Waals surface area contributed by atoms with Crippen molar-refractivity contribution in [2.75, 3.05) is 36.4 Å². The summed E-state index contributed by atoms with van der Waals surface area (Å²) in [7, 11) is 0. The number of anilines is 2. The van der Waals surface area contributed by atoms with Crippen LogP contribution in [0.4, 0.5) is 15.8 Å². The number of rotatable bonds is 4. The normalized spacial score (nSPS) is 13.8. The Morgan fingerprint density at radius 3 is 2.29 bits per heavy atom. The number of halogens is 1. The van der Waals surface area contributed by atoms with E-state index in [9.17, 15) is 14.0 Å². The van der Waals surface area contributed by atoms with Gasteiger partial charge in [-0.3, -0.25) is 9.59 Å². The summed E-state index contributed by atoms with van der Waals surface area (Å²) in [5.74, 6) is -0.712. The maximum Gasteiger partial charge on any atom is 0.291 e. The molecule has 5 rings (SSSR count). The van der Waals surface area contributed by atoms with Crippen molar-refractivity contribution in [3.8, 4) is 0 Å². The van der Waals surface area contributed by atoms with Gasteiger partial charge in [0, 0.05) is 42.8 Å². The number of para-hydroxylation sites is 1. The highest BCUT2D eigenvalue weighted by molar-refractivity contribution is 6.14. The van der Waals surface area contributed by atoms with E-state index in [4.69, 9.17) is 4.42 Å². The molecular weight excluding hydrogens is 433 g/mol. The molecule has 0 aliphatic carbocycles. The number of hydrogen-bond donors (Lipinski definition) is 1. The van der Waals surface area contributed by atoms with E-state index in [0.717, 1.165) is 11.3 Å². The van der Waals surface area contributed by atoms with Crippen molar-refractivity contribution < 1.29 is 18.4 Å². The van der Waals surface area contributed by atoms with Gasteiger partial charge in [0.15, 0.2) is 0 Å². The first-order valence-corrected chi connectivity index (χ1v) is 11.2. The molecule has 0 saturated carbocycles. The molecule has 0 bridgehead atoms. The number of fused-ring (bicyclic) bond motifs is 1. The van der Waals surface area contributed by atoms with Crippen LogP contribution in [-0.4, -0.2) is 42.9 Å². The van der Waals surface area contributed by atoms with E-state index in [1.54, 1.807) is 29.2 Å². The third-order valence-electron chi connectivity index (χ3n) is 6.18. The van der Waals surface area contributed by atoms with Crippen LogP contribution in [0, 0.1) is 12.7 Å². The lowest BCUT2D eigenvalue weighted by atomic mass is 10.1. The summed E-state index contributed by atoms with van der Waals surface area (Å²) < 4.78 is 19.2. The van der Waals surface area contributed by atoms with Crippen molar-refractivity contribution in [3.05, 3.63) is 95.5 Å². The largest absolute Gasteiger partial charge is 0.449 e. The zero-order valence-corrected chi connectivity index (χ0v) is 18.8. The average Bonchev–Trinajstić information content (AvgIpc) is 3.22. The second-order valence-corrected chi connectivity index (χ2v) is 8.33. The number of furan rings is 1. The Hall–Kier alpha value is -4.13. The molecule has 1 aliphatic rings. The van der Waals surface area contributed by atoms with Gasteiger partial charge in [0.1, 0.15) is 17.1 Å². The molecule has 172 valence electrons. The third kappa shape index (κ3) is 4.12. The van der Waals surface area contributed by atoms with Gasteiger partial charge < -0.3 is 19.5 Å². The number of carbonyl (C=O) groups excluding carboxylic acids is 2. The summed E-state index contributed by atoms with van der Waals surface area (Å²) in [6.07, 6.45) is 0. The van der Waals surface area contributed by atoms with Crippen LogP contribution < -0.4 is 10.2 Å². The predicted molar refractivity (Wildman–Crippen MR) is 130 cm³/mol. The Kier molecular flexibility index (Phi) is 5.76. The Labute approximate surface area is 196 Å². The fourth-order valence-electron chi connectivity index (χ4n) is 4.29. The predicted octanol–water partition coefficient (Wildman–Crippen LogP) is 5.10. The molecule has 2 amide bonds. The fraction of sp³-hybridized carbons (Fsp3) is 0.185. The molecule has 34 heavy (non-hydrogen) atoms. The van der Waals surface area contributed by atoms with Gasteiger partial charge in [-0.25, -0.2) is 4.39 Å². The lowest BCUT2D eigenvalue weighted by Gasteiger charge is -2.35. The van der Waals surface area contributed by atoms with E-state index in [1.165, 1.54) is 12.1 Å². The SMILES string of the molecule is Cc1ccccc1C(=O)Nc1c(C(=O)N2CCN(c3ccc(F)cc3)CC2)oc2ccccc12. The quantitative estimate of drug-likeness (QED) is 0.463. The first kappa shape index (κ1) is 21.7. The summed E-state index contributed by atoms with van der Waals surface area (Å²) >= 11 is 0. The van der Waals surface area contributed by atoms with Gasteiger partial charge >= 0.3 is 0 Å². The number of hydrogen-bond acceptors (Lipinski definition) is 4. The molecule has 3 aromatic carbocycles. The number of benzene rings is 3. The van der Waals surface area contributed by atoms with Crippen LogP contribution in [0.2, 0.25) is 0 Å². The van der Waals surface area contributed by atoms with Crippen molar-refractivity contribution in [3.63, 3.8) is 0 Å². The van der Waals surface area contributed by atoms with E-state index >= 15 is 0 Å². The minimum absolute atomic E-state index is 0.123. The van der Waals surface area contributed by atoms with Gasteiger partial charge in [0.2, 0.25) is 5.76 Å². The molecule has 1 saturated heterocycles. The molecule has 1 fully saturated rings. The van der Waals surface area contributed by atoms with Crippen molar-refractivity contribution in [1.29, 1.82) is 0 Å². The molecule has 1 N–H and O–H groups in total. The molecule has 4 aromatic rings. The van der Waals surface area contributed by atoms with Crippen LogP contribution in [-0.2, 0) is 0 Å². The van der Waals surface area contributed by atoms with Crippen molar-refractivity contribution in [1.82, 2.24) is 4.90 Å². The smallest absolute Gasteiger partial charge is 0.291 e. The Balaban J connectivity index is 1.39. The number of amides is 2. The van der Waals surface area contributed by atoms with E-state index in [-0.39, 0.29) is 23.4 Å².